The number of nitrogens with one attached hydrogen (secondary N) is 1. The van der Waals surface area contributed by atoms with E-state index >= 15 is 0 Å². The van der Waals surface area contributed by atoms with Crippen molar-refractivity contribution in [3.63, 3.8) is 0 Å². The van der Waals surface area contributed by atoms with Gasteiger partial charge in [0.05, 0.1) is 0 Å². The molecule has 2 heterocycles. The van der Waals surface area contributed by atoms with Crippen LogP contribution in [-0.4, -0.2) is 36.1 Å². The van der Waals surface area contributed by atoms with Gasteiger partial charge in [0.15, 0.2) is 0 Å². The topological polar surface area (TPSA) is 28.2 Å². The highest BCUT2D eigenvalue weighted by molar-refractivity contribution is 6.35. The van der Waals surface area contributed by atoms with Crippen LogP contribution in [0.2, 0.25) is 10.2 Å². The number of likely N-dealkylation sites (tertiary alicyclic amines) is 1. The average Bonchev–Trinajstić information content (AvgIpc) is 2.34. The van der Waals surface area contributed by atoms with Crippen molar-refractivity contribution >= 4 is 23.2 Å². The lowest BCUT2D eigenvalue weighted by Gasteiger charge is -2.32. The van der Waals surface area contributed by atoms with Gasteiger partial charge in [-0.15, -0.1) is 0 Å². The SMILES string of the molecule is CNC1CCCN(Cc2c(Cl)cc(C)nc2Cl)C1. The fraction of sp³-hybridized carbons (Fsp3) is 0.615. The molecule has 1 aromatic heterocycles. The van der Waals surface area contributed by atoms with Crippen molar-refractivity contribution in [2.45, 2.75) is 32.4 Å². The molecule has 1 aliphatic heterocycles. The minimum Gasteiger partial charge on any atom is -0.316 e. The van der Waals surface area contributed by atoms with Gasteiger partial charge in [0.1, 0.15) is 5.15 Å². The second kappa shape index (κ2) is 6.20. The third-order valence-electron chi connectivity index (χ3n) is 3.44. The van der Waals surface area contributed by atoms with Crippen LogP contribution in [0.4, 0.5) is 0 Å². The summed E-state index contributed by atoms with van der Waals surface area (Å²) in [5.74, 6) is 0. The number of pyridine rings is 1. The molecule has 1 aliphatic rings. The molecule has 1 unspecified atom stereocenters. The Morgan fingerprint density at radius 1 is 1.50 bits per heavy atom. The molecule has 1 N–H and O–H groups in total. The molecule has 1 atom stereocenters. The maximum absolute atomic E-state index is 6.26. The van der Waals surface area contributed by atoms with E-state index in [9.17, 15) is 0 Å². The lowest BCUT2D eigenvalue weighted by atomic mass is 10.1. The van der Waals surface area contributed by atoms with Crippen molar-refractivity contribution < 1.29 is 0 Å². The highest BCUT2D eigenvalue weighted by Gasteiger charge is 2.20. The zero-order valence-electron chi connectivity index (χ0n) is 10.8. The first-order valence-electron chi connectivity index (χ1n) is 6.31. The van der Waals surface area contributed by atoms with Crippen LogP contribution in [0.5, 0.6) is 0 Å². The largest absolute Gasteiger partial charge is 0.316 e. The molecule has 3 nitrogen and oxygen atoms in total. The molecule has 0 spiro atoms. The monoisotopic (exact) mass is 287 g/mol. The summed E-state index contributed by atoms with van der Waals surface area (Å²) in [6, 6.07) is 2.44. The Hall–Kier alpha value is -0.350. The lowest BCUT2D eigenvalue weighted by Crippen LogP contribution is -2.43. The van der Waals surface area contributed by atoms with Crippen molar-refractivity contribution in [2.75, 3.05) is 20.1 Å². The summed E-state index contributed by atoms with van der Waals surface area (Å²) in [5.41, 5.74) is 1.81. The van der Waals surface area contributed by atoms with Crippen molar-refractivity contribution in [1.82, 2.24) is 15.2 Å². The van der Waals surface area contributed by atoms with Crippen molar-refractivity contribution in [2.24, 2.45) is 0 Å². The summed E-state index contributed by atoms with van der Waals surface area (Å²) in [7, 11) is 2.02. The highest BCUT2D eigenvalue weighted by Crippen LogP contribution is 2.26. The van der Waals surface area contributed by atoms with Crippen LogP contribution in [-0.2, 0) is 6.54 Å². The quantitative estimate of drug-likeness (QED) is 0.867. The summed E-state index contributed by atoms with van der Waals surface area (Å²) >= 11 is 12.4. The smallest absolute Gasteiger partial charge is 0.135 e. The van der Waals surface area contributed by atoms with Crippen LogP contribution in [0, 0.1) is 6.92 Å². The van der Waals surface area contributed by atoms with Gasteiger partial charge in [-0.2, -0.15) is 0 Å². The Balaban J connectivity index is 2.09. The Morgan fingerprint density at radius 2 is 2.28 bits per heavy atom. The molecule has 1 aromatic rings. The van der Waals surface area contributed by atoms with Crippen molar-refractivity contribution in [3.8, 4) is 0 Å². The van der Waals surface area contributed by atoms with Crippen LogP contribution in [0.3, 0.4) is 0 Å². The Labute approximate surface area is 118 Å². The molecule has 0 bridgehead atoms. The third-order valence-corrected chi connectivity index (χ3v) is 4.09. The minimum absolute atomic E-state index is 0.534. The van der Waals surface area contributed by atoms with Gasteiger partial charge in [-0.3, -0.25) is 4.90 Å². The van der Waals surface area contributed by atoms with Gasteiger partial charge < -0.3 is 5.32 Å². The number of piperidine rings is 1. The molecule has 0 saturated carbocycles. The number of likely N-dealkylation sites (N-methyl/N-ethyl adjacent to an activating group) is 1. The zero-order valence-corrected chi connectivity index (χ0v) is 12.4. The predicted molar refractivity (Wildman–Crippen MR) is 76.4 cm³/mol. The first-order valence-corrected chi connectivity index (χ1v) is 7.07. The first-order chi connectivity index (χ1) is 8.60. The molecule has 5 heteroatoms. The van der Waals surface area contributed by atoms with Crippen molar-refractivity contribution in [1.29, 1.82) is 0 Å². The molecule has 0 aromatic carbocycles. The van der Waals surface area contributed by atoms with Crippen LogP contribution in [0.1, 0.15) is 24.1 Å². The number of rotatable bonds is 3. The maximum Gasteiger partial charge on any atom is 0.135 e. The van der Waals surface area contributed by atoms with E-state index in [0.717, 1.165) is 35.9 Å². The van der Waals surface area contributed by atoms with Crippen molar-refractivity contribution in [3.05, 3.63) is 27.5 Å². The Morgan fingerprint density at radius 3 is 2.94 bits per heavy atom. The van der Waals surface area contributed by atoms with E-state index in [2.05, 4.69) is 15.2 Å². The predicted octanol–water partition coefficient (Wildman–Crippen LogP) is 2.88. The molecule has 1 saturated heterocycles. The molecule has 18 heavy (non-hydrogen) atoms. The van der Waals surface area contributed by atoms with E-state index in [1.165, 1.54) is 12.8 Å². The average molecular weight is 288 g/mol. The maximum atomic E-state index is 6.26. The summed E-state index contributed by atoms with van der Waals surface area (Å²) in [4.78, 5) is 6.66. The number of hydrogen-bond donors (Lipinski definition) is 1. The minimum atomic E-state index is 0.534. The molecule has 0 aliphatic carbocycles. The van der Waals surface area contributed by atoms with Crippen LogP contribution >= 0.6 is 23.2 Å². The number of hydrogen-bond acceptors (Lipinski definition) is 3. The molecule has 0 radical (unpaired) electrons. The van der Waals surface area contributed by atoms with E-state index in [0.29, 0.717) is 11.2 Å². The molecule has 1 fully saturated rings. The normalized spacial score (nSPS) is 21.2. The highest BCUT2D eigenvalue weighted by atomic mass is 35.5. The fourth-order valence-corrected chi connectivity index (χ4v) is 3.07. The summed E-state index contributed by atoms with van der Waals surface area (Å²) in [5, 5.41) is 4.59. The number of nitrogens with zero attached hydrogens (tertiary/aromatic N) is 2. The van der Waals surface area contributed by atoms with E-state index in [-0.39, 0.29) is 0 Å². The van der Waals surface area contributed by atoms with Gasteiger partial charge in [-0.05, 0) is 39.4 Å². The molecule has 2 rings (SSSR count). The van der Waals surface area contributed by atoms with E-state index in [4.69, 9.17) is 23.2 Å². The van der Waals surface area contributed by atoms with Gasteiger partial charge in [-0.25, -0.2) is 4.98 Å². The third kappa shape index (κ3) is 3.35. The number of aryl methyl sites for hydroxylation is 1. The van der Waals surface area contributed by atoms with E-state index in [1.54, 1.807) is 0 Å². The van der Waals surface area contributed by atoms with Crippen LogP contribution in [0.25, 0.3) is 0 Å². The van der Waals surface area contributed by atoms with Crippen LogP contribution in [0.15, 0.2) is 6.07 Å². The summed E-state index contributed by atoms with van der Waals surface area (Å²) < 4.78 is 0. The van der Waals surface area contributed by atoms with Gasteiger partial charge in [-0.1, -0.05) is 23.2 Å². The molecular weight excluding hydrogens is 269 g/mol. The molecule has 0 amide bonds. The molecule has 100 valence electrons. The Kier molecular flexibility index (Phi) is 4.84. The molecular formula is C13H19Cl2N3. The van der Waals surface area contributed by atoms with Gasteiger partial charge >= 0.3 is 0 Å². The fourth-order valence-electron chi connectivity index (χ4n) is 2.42. The number of halogens is 2. The number of aromatic nitrogens is 1. The van der Waals surface area contributed by atoms with E-state index in [1.807, 2.05) is 20.0 Å². The van der Waals surface area contributed by atoms with Gasteiger partial charge in [0.25, 0.3) is 0 Å². The summed E-state index contributed by atoms with van der Waals surface area (Å²) in [6.07, 6.45) is 2.45. The zero-order chi connectivity index (χ0) is 13.1. The van der Waals surface area contributed by atoms with Gasteiger partial charge in [0.2, 0.25) is 0 Å². The second-order valence-corrected chi connectivity index (χ2v) is 5.64. The van der Waals surface area contributed by atoms with Crippen LogP contribution < -0.4 is 5.32 Å². The second-order valence-electron chi connectivity index (χ2n) is 4.88. The summed E-state index contributed by atoms with van der Waals surface area (Å²) in [6.45, 7) is 4.82. The lowest BCUT2D eigenvalue weighted by molar-refractivity contribution is 0.188. The first kappa shape index (κ1) is 14.1. The van der Waals surface area contributed by atoms with E-state index < -0.39 is 0 Å². The van der Waals surface area contributed by atoms with Gasteiger partial charge in [0, 0.05) is 35.4 Å². The Bertz CT molecular complexity index is 400. The standard InChI is InChI=1S/C13H19Cl2N3/c1-9-6-12(14)11(13(15)17-9)8-18-5-3-4-10(7-18)16-2/h6,10,16H,3-5,7-8H2,1-2H3.